The number of anilines is 1. The Morgan fingerprint density at radius 3 is 2.45 bits per heavy atom. The van der Waals surface area contributed by atoms with Crippen LogP contribution in [0, 0.1) is 6.92 Å². The quantitative estimate of drug-likeness (QED) is 0.837. The molecule has 0 saturated carbocycles. The number of piperidine rings is 1. The van der Waals surface area contributed by atoms with E-state index in [4.69, 9.17) is 0 Å². The predicted octanol–water partition coefficient (Wildman–Crippen LogP) is 2.77. The Morgan fingerprint density at radius 2 is 1.86 bits per heavy atom. The van der Waals surface area contributed by atoms with E-state index < -0.39 is 23.8 Å². The molecule has 2 aromatic heterocycles. The topological polar surface area (TPSA) is 85.0 Å². The van der Waals surface area contributed by atoms with Crippen molar-refractivity contribution in [3.05, 3.63) is 29.3 Å². The summed E-state index contributed by atoms with van der Waals surface area (Å²) in [5.74, 6) is -0.826. The van der Waals surface area contributed by atoms with E-state index in [1.54, 1.807) is 11.9 Å². The number of halogens is 3. The highest BCUT2D eigenvalue weighted by Gasteiger charge is 2.35. The zero-order chi connectivity index (χ0) is 21.3. The summed E-state index contributed by atoms with van der Waals surface area (Å²) in [6.07, 6.45) is -0.327. The minimum Gasteiger partial charge on any atom is -0.337 e. The van der Waals surface area contributed by atoms with Gasteiger partial charge >= 0.3 is 6.18 Å². The molecule has 1 unspecified atom stereocenters. The van der Waals surface area contributed by atoms with E-state index in [0.29, 0.717) is 13.1 Å². The molecule has 158 valence electrons. The molecule has 1 aliphatic heterocycles. The number of aromatic nitrogens is 4. The number of rotatable bonds is 4. The van der Waals surface area contributed by atoms with Crippen LogP contribution >= 0.6 is 0 Å². The second-order valence-electron chi connectivity index (χ2n) is 7.16. The second kappa shape index (κ2) is 7.88. The number of hydrogen-bond donors (Lipinski definition) is 1. The molecule has 8 nitrogen and oxygen atoms in total. The van der Waals surface area contributed by atoms with Crippen LogP contribution in [0.3, 0.4) is 0 Å². The Morgan fingerprint density at radius 1 is 1.21 bits per heavy atom. The number of likely N-dealkylation sites (tertiary alicyclic amines) is 1. The largest absolute Gasteiger partial charge is 0.435 e. The molecule has 1 aliphatic rings. The number of nitrogens with one attached hydrogen (secondary N) is 1. The van der Waals surface area contributed by atoms with Crippen molar-refractivity contribution >= 4 is 17.5 Å². The molecule has 11 heteroatoms. The maximum absolute atomic E-state index is 12.9. The summed E-state index contributed by atoms with van der Waals surface area (Å²) >= 11 is 0. The van der Waals surface area contributed by atoms with Gasteiger partial charge in [-0.1, -0.05) is 0 Å². The summed E-state index contributed by atoms with van der Waals surface area (Å²) in [7, 11) is 1.60. The predicted molar refractivity (Wildman–Crippen MR) is 98.3 cm³/mol. The van der Waals surface area contributed by atoms with E-state index >= 15 is 0 Å². The zero-order valence-electron chi connectivity index (χ0n) is 16.5. The summed E-state index contributed by atoms with van der Waals surface area (Å²) in [4.78, 5) is 27.2. The van der Waals surface area contributed by atoms with Crippen molar-refractivity contribution in [2.75, 3.05) is 18.4 Å². The molecule has 3 rings (SSSR count). The van der Waals surface area contributed by atoms with Gasteiger partial charge in [-0.2, -0.15) is 23.4 Å². The first-order chi connectivity index (χ1) is 13.6. The number of carbonyl (C=O) groups is 2. The van der Waals surface area contributed by atoms with Gasteiger partial charge < -0.3 is 10.2 Å². The van der Waals surface area contributed by atoms with E-state index in [1.165, 1.54) is 24.7 Å². The molecule has 29 heavy (non-hydrogen) atoms. The maximum Gasteiger partial charge on any atom is 0.435 e. The Bertz CT molecular complexity index is 911. The van der Waals surface area contributed by atoms with Gasteiger partial charge in [-0.3, -0.25) is 19.0 Å². The number of carbonyl (C=O) groups excluding carboxylic acids is 2. The van der Waals surface area contributed by atoms with Crippen molar-refractivity contribution in [2.45, 2.75) is 45.3 Å². The van der Waals surface area contributed by atoms with Crippen molar-refractivity contribution in [1.29, 1.82) is 0 Å². The number of nitrogens with zero attached hydrogens (tertiary/aromatic N) is 5. The summed E-state index contributed by atoms with van der Waals surface area (Å²) in [6, 6.07) is -0.122. The third-order valence-corrected chi connectivity index (χ3v) is 5.00. The highest BCUT2D eigenvalue weighted by Crippen LogP contribution is 2.29. The summed E-state index contributed by atoms with van der Waals surface area (Å²) < 4.78 is 41.1. The molecule has 1 atom stereocenters. The second-order valence-corrected chi connectivity index (χ2v) is 7.16. The molecule has 2 amide bonds. The average Bonchev–Trinajstić information content (AvgIpc) is 3.24. The van der Waals surface area contributed by atoms with Crippen LogP contribution in [0.4, 0.5) is 18.9 Å². The fourth-order valence-corrected chi connectivity index (χ4v) is 3.40. The maximum atomic E-state index is 12.9. The first-order valence-corrected chi connectivity index (χ1v) is 9.35. The van der Waals surface area contributed by atoms with Crippen LogP contribution in [0.15, 0.2) is 12.3 Å². The van der Waals surface area contributed by atoms with Gasteiger partial charge in [-0.15, -0.1) is 0 Å². The zero-order valence-corrected chi connectivity index (χ0v) is 16.5. The highest BCUT2D eigenvalue weighted by atomic mass is 19.4. The molecule has 1 fully saturated rings. The Hall–Kier alpha value is -2.85. The SMILES string of the molecule is Cc1cc(C(F)(F)F)nn1C(C)C(=O)Nc1cnn(C)c1C(=O)N1CCCCC1. The first-order valence-electron chi connectivity index (χ1n) is 9.35. The molecule has 0 spiro atoms. The molecule has 2 aromatic rings. The molecule has 0 aliphatic carbocycles. The van der Waals surface area contributed by atoms with E-state index in [9.17, 15) is 22.8 Å². The van der Waals surface area contributed by atoms with Gasteiger partial charge in [-0.25, -0.2) is 0 Å². The molecular formula is C18H23F3N6O2. The van der Waals surface area contributed by atoms with E-state index in [1.807, 2.05) is 0 Å². The smallest absolute Gasteiger partial charge is 0.337 e. The van der Waals surface area contributed by atoms with Crippen LogP contribution in [0.5, 0.6) is 0 Å². The normalized spacial score (nSPS) is 16.0. The van der Waals surface area contributed by atoms with Crippen LogP contribution in [-0.2, 0) is 18.0 Å². The van der Waals surface area contributed by atoms with Crippen LogP contribution in [-0.4, -0.2) is 49.4 Å². The lowest BCUT2D eigenvalue weighted by Crippen LogP contribution is -2.37. The number of alkyl halides is 3. The minimum atomic E-state index is -4.59. The average molecular weight is 412 g/mol. The first kappa shape index (κ1) is 20.9. The van der Waals surface area contributed by atoms with Crippen LogP contribution in [0.25, 0.3) is 0 Å². The Balaban J connectivity index is 1.79. The van der Waals surface area contributed by atoms with E-state index in [2.05, 4.69) is 15.5 Å². The Kier molecular flexibility index (Phi) is 5.67. The van der Waals surface area contributed by atoms with E-state index in [0.717, 1.165) is 30.0 Å². The monoisotopic (exact) mass is 412 g/mol. The van der Waals surface area contributed by atoms with Gasteiger partial charge in [0.05, 0.1) is 11.9 Å². The molecule has 0 aromatic carbocycles. The fourth-order valence-electron chi connectivity index (χ4n) is 3.40. The van der Waals surface area contributed by atoms with Gasteiger partial charge in [0.15, 0.2) is 5.69 Å². The fraction of sp³-hybridized carbons (Fsp3) is 0.556. The van der Waals surface area contributed by atoms with Crippen molar-refractivity contribution in [1.82, 2.24) is 24.5 Å². The van der Waals surface area contributed by atoms with Gasteiger partial charge in [0.2, 0.25) is 5.91 Å². The van der Waals surface area contributed by atoms with Crippen molar-refractivity contribution in [2.24, 2.45) is 7.05 Å². The van der Waals surface area contributed by atoms with Crippen LogP contribution in [0.2, 0.25) is 0 Å². The lowest BCUT2D eigenvalue weighted by atomic mass is 10.1. The van der Waals surface area contributed by atoms with Crippen molar-refractivity contribution in [3.63, 3.8) is 0 Å². The minimum absolute atomic E-state index is 0.204. The summed E-state index contributed by atoms with van der Waals surface area (Å²) in [6.45, 7) is 4.17. The molecule has 3 heterocycles. The van der Waals surface area contributed by atoms with Gasteiger partial charge in [-0.05, 0) is 39.2 Å². The molecule has 1 saturated heterocycles. The van der Waals surface area contributed by atoms with Crippen LogP contribution in [0.1, 0.15) is 54.1 Å². The third kappa shape index (κ3) is 4.28. The van der Waals surface area contributed by atoms with Gasteiger partial charge in [0, 0.05) is 25.8 Å². The van der Waals surface area contributed by atoms with Crippen molar-refractivity contribution < 1.29 is 22.8 Å². The van der Waals surface area contributed by atoms with Crippen LogP contribution < -0.4 is 5.32 Å². The highest BCUT2D eigenvalue weighted by molar-refractivity contribution is 6.03. The standard InChI is InChI=1S/C18H23F3N6O2/c1-11-9-14(18(19,20)21)24-27(11)12(2)16(28)23-13-10-22-25(3)15(13)17(29)26-7-5-4-6-8-26/h9-10,12H,4-8H2,1-3H3,(H,23,28). The third-order valence-electron chi connectivity index (χ3n) is 5.00. The number of hydrogen-bond acceptors (Lipinski definition) is 4. The molecule has 0 radical (unpaired) electrons. The molecule has 1 N–H and O–H groups in total. The van der Waals surface area contributed by atoms with Gasteiger partial charge in [0.1, 0.15) is 11.7 Å². The van der Waals surface area contributed by atoms with E-state index in [-0.39, 0.29) is 23.0 Å². The lowest BCUT2D eigenvalue weighted by Gasteiger charge is -2.27. The Labute approximate surface area is 165 Å². The molecule has 0 bridgehead atoms. The molecular weight excluding hydrogens is 389 g/mol. The summed E-state index contributed by atoms with van der Waals surface area (Å²) in [5.41, 5.74) is -0.394. The number of amides is 2. The van der Waals surface area contributed by atoms with Crippen molar-refractivity contribution in [3.8, 4) is 0 Å². The lowest BCUT2D eigenvalue weighted by molar-refractivity contribution is -0.141. The van der Waals surface area contributed by atoms with Gasteiger partial charge in [0.25, 0.3) is 5.91 Å². The number of aryl methyl sites for hydroxylation is 2. The summed E-state index contributed by atoms with van der Waals surface area (Å²) in [5, 5.41) is 10.2.